The fraction of sp³-hybridized carbons (Fsp3) is 0.348. The van der Waals surface area contributed by atoms with Crippen molar-refractivity contribution in [3.8, 4) is 5.69 Å². The first-order valence-electron chi connectivity index (χ1n) is 10.2. The van der Waals surface area contributed by atoms with Gasteiger partial charge in [-0.15, -0.1) is 11.8 Å². The maximum absolute atomic E-state index is 14.0. The Morgan fingerprint density at radius 2 is 2.00 bits per heavy atom. The second kappa shape index (κ2) is 9.70. The highest BCUT2D eigenvalue weighted by Gasteiger charge is 2.23. The summed E-state index contributed by atoms with van der Waals surface area (Å²) < 4.78 is 20.6. The molecule has 0 spiro atoms. The fourth-order valence-corrected chi connectivity index (χ4v) is 4.02. The summed E-state index contributed by atoms with van der Waals surface area (Å²) in [5.74, 6) is 0.149. The van der Waals surface area contributed by atoms with Crippen molar-refractivity contribution >= 4 is 28.8 Å². The quantitative estimate of drug-likeness (QED) is 0.537. The number of rotatable bonds is 6. The maximum Gasteiger partial charge on any atom is 0.408 e. The summed E-state index contributed by atoms with van der Waals surface area (Å²) in [6.45, 7) is 6.89. The molecule has 1 atom stereocenters. The lowest BCUT2D eigenvalue weighted by Gasteiger charge is -2.23. The smallest absolute Gasteiger partial charge is 0.408 e. The van der Waals surface area contributed by atoms with Crippen LogP contribution in [-0.2, 0) is 4.74 Å². The molecule has 0 aliphatic rings. The monoisotopic (exact) mass is 459 g/mol. The van der Waals surface area contributed by atoms with Gasteiger partial charge in [0.05, 0.1) is 29.2 Å². The maximum atomic E-state index is 14.0. The molecule has 0 saturated heterocycles. The third-order valence-corrected chi connectivity index (χ3v) is 5.46. The Morgan fingerprint density at radius 1 is 1.28 bits per heavy atom. The second-order valence-corrected chi connectivity index (χ2v) is 9.32. The first-order valence-corrected chi connectivity index (χ1v) is 11.1. The summed E-state index contributed by atoms with van der Waals surface area (Å²) in [4.78, 5) is 31.3. The van der Waals surface area contributed by atoms with Crippen molar-refractivity contribution in [1.29, 1.82) is 0 Å². The van der Waals surface area contributed by atoms with Crippen LogP contribution in [-0.4, -0.2) is 38.7 Å². The molecule has 0 aliphatic carbocycles. The van der Waals surface area contributed by atoms with Gasteiger partial charge in [0, 0.05) is 10.6 Å². The molecule has 170 valence electrons. The van der Waals surface area contributed by atoms with Gasteiger partial charge in [-0.25, -0.2) is 14.2 Å². The minimum atomic E-state index is -0.709. The molecule has 2 aromatic carbocycles. The number of nitrogens with one attached hydrogen (secondary N) is 1. The van der Waals surface area contributed by atoms with Crippen molar-refractivity contribution in [3.63, 3.8) is 0 Å². The van der Waals surface area contributed by atoms with Gasteiger partial charge in [0.1, 0.15) is 17.2 Å². The van der Waals surface area contributed by atoms with Gasteiger partial charge in [0.2, 0.25) is 0 Å². The lowest BCUT2D eigenvalue weighted by molar-refractivity contribution is 0.0505. The van der Waals surface area contributed by atoms with Gasteiger partial charge in [0.25, 0.3) is 5.56 Å². The van der Waals surface area contributed by atoms with Crippen molar-refractivity contribution in [2.24, 2.45) is 0 Å². The summed E-state index contributed by atoms with van der Waals surface area (Å²) in [7, 11) is 0. The number of alkyl carbamates (subject to hydrolysis) is 1. The van der Waals surface area contributed by atoms with Gasteiger partial charge >= 0.3 is 6.09 Å². The SMILES string of the molecule is C[C@H](NC(=O)OC(C)(C)C)c1nc2cccc(SCCO)c2c(=O)n1-c1cccc(F)c1. The van der Waals surface area contributed by atoms with E-state index in [1.807, 2.05) is 0 Å². The molecule has 2 N–H and O–H groups in total. The molecule has 0 saturated carbocycles. The van der Waals surface area contributed by atoms with E-state index in [9.17, 15) is 19.1 Å². The minimum absolute atomic E-state index is 0.0402. The van der Waals surface area contributed by atoms with E-state index in [0.29, 0.717) is 27.2 Å². The molecular weight excluding hydrogens is 433 g/mol. The molecule has 9 heteroatoms. The Balaban J connectivity index is 2.19. The number of benzene rings is 2. The number of nitrogens with zero attached hydrogens (tertiary/aromatic N) is 2. The molecule has 0 bridgehead atoms. The molecule has 0 unspecified atom stereocenters. The van der Waals surface area contributed by atoms with E-state index in [-0.39, 0.29) is 12.4 Å². The average molecular weight is 460 g/mol. The van der Waals surface area contributed by atoms with E-state index in [0.717, 1.165) is 0 Å². The molecule has 1 heterocycles. The van der Waals surface area contributed by atoms with Crippen LogP contribution in [0.25, 0.3) is 16.6 Å². The number of amides is 1. The van der Waals surface area contributed by atoms with Crippen LogP contribution >= 0.6 is 11.8 Å². The van der Waals surface area contributed by atoms with Crippen molar-refractivity contribution in [3.05, 3.63) is 64.5 Å². The predicted octanol–water partition coefficient (Wildman–Crippen LogP) is 4.19. The minimum Gasteiger partial charge on any atom is -0.444 e. The number of hydrogen-bond acceptors (Lipinski definition) is 6. The fourth-order valence-electron chi connectivity index (χ4n) is 3.20. The van der Waals surface area contributed by atoms with Crippen LogP contribution in [0.1, 0.15) is 39.6 Å². The molecule has 0 aliphatic heterocycles. The highest BCUT2D eigenvalue weighted by Crippen LogP contribution is 2.27. The lowest BCUT2D eigenvalue weighted by Crippen LogP contribution is -2.37. The van der Waals surface area contributed by atoms with Gasteiger partial charge in [-0.05, 0) is 58.0 Å². The van der Waals surface area contributed by atoms with Crippen molar-refractivity contribution in [1.82, 2.24) is 14.9 Å². The number of aromatic nitrogens is 2. The van der Waals surface area contributed by atoms with Crippen molar-refractivity contribution < 1.29 is 19.0 Å². The summed E-state index contributed by atoms with van der Waals surface area (Å²) in [6, 6.07) is 10.2. The first kappa shape index (κ1) is 23.7. The van der Waals surface area contributed by atoms with Crippen molar-refractivity contribution in [2.45, 2.75) is 44.2 Å². The van der Waals surface area contributed by atoms with Crippen LogP contribution in [0.2, 0.25) is 0 Å². The van der Waals surface area contributed by atoms with E-state index in [1.165, 1.54) is 34.5 Å². The normalized spacial score (nSPS) is 12.6. The van der Waals surface area contributed by atoms with Crippen LogP contribution < -0.4 is 10.9 Å². The summed E-state index contributed by atoms with van der Waals surface area (Å²) in [6.07, 6.45) is -0.655. The van der Waals surface area contributed by atoms with E-state index < -0.39 is 29.1 Å². The molecule has 3 aromatic rings. The lowest BCUT2D eigenvalue weighted by atomic mass is 10.2. The number of aliphatic hydroxyl groups excluding tert-OH is 1. The van der Waals surface area contributed by atoms with Crippen LogP contribution in [0.3, 0.4) is 0 Å². The molecule has 0 radical (unpaired) electrons. The number of fused-ring (bicyclic) bond motifs is 1. The number of thioether (sulfide) groups is 1. The van der Waals surface area contributed by atoms with Gasteiger partial charge in [0.15, 0.2) is 0 Å². The molecule has 0 fully saturated rings. The number of halogens is 1. The molecule has 32 heavy (non-hydrogen) atoms. The Bertz CT molecular complexity index is 1190. The zero-order valence-electron chi connectivity index (χ0n) is 18.4. The summed E-state index contributed by atoms with van der Waals surface area (Å²) >= 11 is 1.34. The van der Waals surface area contributed by atoms with E-state index in [4.69, 9.17) is 4.74 Å². The van der Waals surface area contributed by atoms with Crippen LogP contribution in [0.4, 0.5) is 9.18 Å². The standard InChI is InChI=1S/C23H26FN3O4S/c1-14(25-22(30)31-23(2,3)4)20-26-17-9-6-10-18(32-12-11-28)19(17)21(29)27(20)16-8-5-7-15(24)13-16/h5-10,13-14,28H,11-12H2,1-4H3,(H,25,30)/t14-/m0/s1. The Labute approximate surface area is 189 Å². The Morgan fingerprint density at radius 3 is 2.66 bits per heavy atom. The highest BCUT2D eigenvalue weighted by molar-refractivity contribution is 7.99. The van der Waals surface area contributed by atoms with Crippen LogP contribution in [0.5, 0.6) is 0 Å². The van der Waals surface area contributed by atoms with E-state index in [1.54, 1.807) is 52.0 Å². The largest absolute Gasteiger partial charge is 0.444 e. The third kappa shape index (κ3) is 5.46. The topological polar surface area (TPSA) is 93.5 Å². The highest BCUT2D eigenvalue weighted by atomic mass is 32.2. The average Bonchev–Trinajstić information content (AvgIpc) is 2.70. The summed E-state index contributed by atoms with van der Waals surface area (Å²) in [5, 5.41) is 12.3. The number of aliphatic hydroxyl groups is 1. The molecule has 1 aromatic heterocycles. The van der Waals surface area contributed by atoms with Gasteiger partial charge < -0.3 is 15.2 Å². The van der Waals surface area contributed by atoms with Crippen LogP contribution in [0.15, 0.2) is 52.2 Å². The number of carbonyl (C=O) groups is 1. The zero-order chi connectivity index (χ0) is 23.5. The molecular formula is C23H26FN3O4S. The molecule has 7 nitrogen and oxygen atoms in total. The first-order chi connectivity index (χ1) is 15.1. The van der Waals surface area contributed by atoms with Gasteiger partial charge in [-0.3, -0.25) is 9.36 Å². The molecule has 3 rings (SSSR count). The number of ether oxygens (including phenoxy) is 1. The summed E-state index contributed by atoms with van der Waals surface area (Å²) in [5.41, 5.74) is -0.353. The van der Waals surface area contributed by atoms with Gasteiger partial charge in [-0.1, -0.05) is 12.1 Å². The Hall–Kier alpha value is -2.91. The third-order valence-electron chi connectivity index (χ3n) is 4.42. The van der Waals surface area contributed by atoms with Crippen LogP contribution in [0, 0.1) is 5.82 Å². The number of hydrogen-bond donors (Lipinski definition) is 2. The molecule has 1 amide bonds. The van der Waals surface area contributed by atoms with Crippen molar-refractivity contribution in [2.75, 3.05) is 12.4 Å². The van der Waals surface area contributed by atoms with Gasteiger partial charge in [-0.2, -0.15) is 0 Å². The Kier molecular flexibility index (Phi) is 7.20. The van der Waals surface area contributed by atoms with E-state index >= 15 is 0 Å². The predicted molar refractivity (Wildman–Crippen MR) is 123 cm³/mol. The van der Waals surface area contributed by atoms with E-state index in [2.05, 4.69) is 10.3 Å². The second-order valence-electron chi connectivity index (χ2n) is 8.18. The number of carbonyl (C=O) groups excluding carboxylic acids is 1. The zero-order valence-corrected chi connectivity index (χ0v) is 19.2.